The van der Waals surface area contributed by atoms with Crippen LogP contribution >= 0.6 is 27.5 Å². The maximum Gasteiger partial charge on any atom is 0.151 e. The van der Waals surface area contributed by atoms with Gasteiger partial charge in [0, 0.05) is 6.20 Å². The Morgan fingerprint density at radius 3 is 2.94 bits per heavy atom. The summed E-state index contributed by atoms with van der Waals surface area (Å²) in [6.45, 7) is 3.82. The lowest BCUT2D eigenvalue weighted by Gasteiger charge is -2.09. The van der Waals surface area contributed by atoms with Crippen LogP contribution in [-0.2, 0) is 0 Å². The van der Waals surface area contributed by atoms with E-state index in [0.29, 0.717) is 11.4 Å². The Bertz CT molecular complexity index is 538. The highest BCUT2D eigenvalue weighted by atomic mass is 79.9. The minimum atomic E-state index is -0.514. The van der Waals surface area contributed by atoms with Crippen molar-refractivity contribution in [1.29, 1.82) is 0 Å². The standard InChI is InChI=1S/C11H12BrClN2O/c1-3-9(16)10-6(2)14-11-8(12)4-7(13)5-15(10)11/h4-5,9,16H,3H2,1-2H3. The van der Waals surface area contributed by atoms with Crippen LogP contribution in [0, 0.1) is 6.92 Å². The molecule has 0 aliphatic carbocycles. The quantitative estimate of drug-likeness (QED) is 0.922. The van der Waals surface area contributed by atoms with Gasteiger partial charge in [-0.05, 0) is 35.3 Å². The molecule has 0 bridgehead atoms. The molecule has 0 spiro atoms. The summed E-state index contributed by atoms with van der Waals surface area (Å²) in [7, 11) is 0. The van der Waals surface area contributed by atoms with Gasteiger partial charge in [0.15, 0.2) is 5.65 Å². The van der Waals surface area contributed by atoms with E-state index >= 15 is 0 Å². The van der Waals surface area contributed by atoms with Crippen LogP contribution in [0.3, 0.4) is 0 Å². The molecule has 0 aliphatic heterocycles. The third kappa shape index (κ3) is 1.85. The van der Waals surface area contributed by atoms with Crippen LogP contribution in [0.15, 0.2) is 16.7 Å². The molecule has 0 amide bonds. The van der Waals surface area contributed by atoms with Crippen LogP contribution in [0.2, 0.25) is 5.02 Å². The number of aliphatic hydroxyl groups excluding tert-OH is 1. The van der Waals surface area contributed by atoms with Crippen molar-refractivity contribution in [3.8, 4) is 0 Å². The first kappa shape index (κ1) is 11.9. The number of aliphatic hydroxyl groups is 1. The van der Waals surface area contributed by atoms with Gasteiger partial charge in [-0.2, -0.15) is 0 Å². The van der Waals surface area contributed by atoms with Gasteiger partial charge < -0.3 is 5.11 Å². The second-order valence-corrected chi connectivity index (χ2v) is 5.00. The van der Waals surface area contributed by atoms with Gasteiger partial charge in [0.2, 0.25) is 0 Å². The molecule has 0 aliphatic rings. The largest absolute Gasteiger partial charge is 0.387 e. The number of imidazole rings is 1. The average molecular weight is 304 g/mol. The van der Waals surface area contributed by atoms with Gasteiger partial charge in [-0.3, -0.25) is 4.40 Å². The topological polar surface area (TPSA) is 37.5 Å². The molecule has 2 aromatic heterocycles. The lowest BCUT2D eigenvalue weighted by atomic mass is 10.2. The molecule has 0 saturated carbocycles. The van der Waals surface area contributed by atoms with Crippen molar-refractivity contribution in [2.24, 2.45) is 0 Å². The summed E-state index contributed by atoms with van der Waals surface area (Å²) in [4.78, 5) is 4.42. The van der Waals surface area contributed by atoms with Gasteiger partial charge in [0.1, 0.15) is 0 Å². The molecule has 16 heavy (non-hydrogen) atoms. The van der Waals surface area contributed by atoms with E-state index in [0.717, 1.165) is 21.5 Å². The minimum absolute atomic E-state index is 0.514. The van der Waals surface area contributed by atoms with Crippen LogP contribution in [0.1, 0.15) is 30.8 Å². The summed E-state index contributed by atoms with van der Waals surface area (Å²) >= 11 is 9.41. The van der Waals surface area contributed by atoms with E-state index in [-0.39, 0.29) is 0 Å². The van der Waals surface area contributed by atoms with E-state index in [1.165, 1.54) is 0 Å². The molecule has 2 rings (SSSR count). The van der Waals surface area contributed by atoms with Gasteiger partial charge >= 0.3 is 0 Å². The maximum atomic E-state index is 9.96. The lowest BCUT2D eigenvalue weighted by Crippen LogP contribution is -2.02. The SMILES string of the molecule is CCC(O)c1c(C)nc2c(Br)cc(Cl)cn12. The zero-order valence-corrected chi connectivity index (χ0v) is 11.4. The minimum Gasteiger partial charge on any atom is -0.387 e. The molecule has 1 atom stereocenters. The number of aryl methyl sites for hydroxylation is 1. The van der Waals surface area contributed by atoms with Gasteiger partial charge in [-0.25, -0.2) is 4.98 Å². The Morgan fingerprint density at radius 1 is 1.62 bits per heavy atom. The van der Waals surface area contributed by atoms with Crippen molar-refractivity contribution in [2.75, 3.05) is 0 Å². The Hall–Kier alpha value is -0.580. The van der Waals surface area contributed by atoms with E-state index in [4.69, 9.17) is 11.6 Å². The number of pyridine rings is 1. The summed E-state index contributed by atoms with van der Waals surface area (Å²) in [5.41, 5.74) is 2.42. The Kier molecular flexibility index (Phi) is 3.24. The van der Waals surface area contributed by atoms with Crippen molar-refractivity contribution in [1.82, 2.24) is 9.38 Å². The van der Waals surface area contributed by atoms with E-state index in [1.54, 1.807) is 12.3 Å². The molecule has 0 radical (unpaired) electrons. The predicted octanol–water partition coefficient (Wildman–Crippen LogP) is 3.50. The van der Waals surface area contributed by atoms with Crippen molar-refractivity contribution in [2.45, 2.75) is 26.4 Å². The van der Waals surface area contributed by atoms with Crippen LogP contribution in [-0.4, -0.2) is 14.5 Å². The van der Waals surface area contributed by atoms with Gasteiger partial charge in [0.25, 0.3) is 0 Å². The van der Waals surface area contributed by atoms with Crippen molar-refractivity contribution in [3.05, 3.63) is 33.1 Å². The average Bonchev–Trinajstić information content (AvgIpc) is 2.54. The second kappa shape index (κ2) is 4.35. The highest BCUT2D eigenvalue weighted by Crippen LogP contribution is 2.28. The molecule has 1 N–H and O–H groups in total. The molecule has 2 aromatic rings. The number of fused-ring (bicyclic) bond motifs is 1. The predicted molar refractivity (Wildman–Crippen MR) is 67.9 cm³/mol. The van der Waals surface area contributed by atoms with Crippen molar-refractivity contribution < 1.29 is 5.11 Å². The molecular weight excluding hydrogens is 291 g/mol. The summed E-state index contributed by atoms with van der Waals surface area (Å²) in [6.07, 6.45) is 1.91. The number of nitrogens with zero attached hydrogens (tertiary/aromatic N) is 2. The molecular formula is C11H12BrClN2O. The van der Waals surface area contributed by atoms with Crippen LogP contribution in [0.5, 0.6) is 0 Å². The van der Waals surface area contributed by atoms with E-state index < -0.39 is 6.10 Å². The highest BCUT2D eigenvalue weighted by Gasteiger charge is 2.17. The van der Waals surface area contributed by atoms with Gasteiger partial charge in [-0.15, -0.1) is 0 Å². The number of aromatic nitrogens is 2. The van der Waals surface area contributed by atoms with E-state index in [1.807, 2.05) is 18.2 Å². The first-order valence-corrected chi connectivity index (χ1v) is 6.23. The molecule has 5 heteroatoms. The first-order valence-electron chi connectivity index (χ1n) is 5.06. The maximum absolute atomic E-state index is 9.96. The summed E-state index contributed by atoms with van der Waals surface area (Å²) in [6, 6.07) is 1.80. The number of hydrogen-bond donors (Lipinski definition) is 1. The third-order valence-corrected chi connectivity index (χ3v) is 3.36. The van der Waals surface area contributed by atoms with Crippen LogP contribution < -0.4 is 0 Å². The molecule has 86 valence electrons. The Morgan fingerprint density at radius 2 is 2.31 bits per heavy atom. The van der Waals surface area contributed by atoms with Crippen molar-refractivity contribution in [3.63, 3.8) is 0 Å². The first-order chi connectivity index (χ1) is 7.54. The molecule has 0 aromatic carbocycles. The monoisotopic (exact) mass is 302 g/mol. The Balaban J connectivity index is 2.78. The number of rotatable bonds is 2. The fourth-order valence-electron chi connectivity index (χ4n) is 1.80. The van der Waals surface area contributed by atoms with Crippen LogP contribution in [0.25, 0.3) is 5.65 Å². The number of hydrogen-bond acceptors (Lipinski definition) is 2. The molecule has 2 heterocycles. The normalized spacial score (nSPS) is 13.3. The van der Waals surface area contributed by atoms with E-state index in [2.05, 4.69) is 20.9 Å². The van der Waals surface area contributed by atoms with Crippen LogP contribution in [0.4, 0.5) is 0 Å². The fourth-order valence-corrected chi connectivity index (χ4v) is 2.66. The van der Waals surface area contributed by atoms with Gasteiger partial charge in [0.05, 0.1) is 27.0 Å². The molecule has 0 fully saturated rings. The molecule has 3 nitrogen and oxygen atoms in total. The fraction of sp³-hybridized carbons (Fsp3) is 0.364. The Labute approximate surface area is 107 Å². The van der Waals surface area contributed by atoms with E-state index in [9.17, 15) is 5.11 Å². The summed E-state index contributed by atoms with van der Waals surface area (Å²) in [5, 5.41) is 10.6. The second-order valence-electron chi connectivity index (χ2n) is 3.71. The number of halogens is 2. The smallest absolute Gasteiger partial charge is 0.151 e. The summed E-state index contributed by atoms with van der Waals surface area (Å²) < 4.78 is 2.67. The highest BCUT2D eigenvalue weighted by molar-refractivity contribution is 9.10. The lowest BCUT2D eigenvalue weighted by molar-refractivity contribution is 0.167. The third-order valence-electron chi connectivity index (χ3n) is 2.57. The van der Waals surface area contributed by atoms with Gasteiger partial charge in [-0.1, -0.05) is 18.5 Å². The zero-order valence-electron chi connectivity index (χ0n) is 9.04. The molecule has 1 unspecified atom stereocenters. The molecule has 0 saturated heterocycles. The van der Waals surface area contributed by atoms with Crippen molar-refractivity contribution >= 4 is 33.2 Å². The summed E-state index contributed by atoms with van der Waals surface area (Å²) in [5.74, 6) is 0. The zero-order chi connectivity index (χ0) is 11.9.